The summed E-state index contributed by atoms with van der Waals surface area (Å²) in [6.07, 6.45) is 2.73. The highest BCUT2D eigenvalue weighted by atomic mass is 16.5. The predicted octanol–water partition coefficient (Wildman–Crippen LogP) is 1.30. The Morgan fingerprint density at radius 2 is 2.07 bits per heavy atom. The lowest BCUT2D eigenvalue weighted by Gasteiger charge is -2.11. The van der Waals surface area contributed by atoms with Crippen LogP contribution in [0.4, 0.5) is 0 Å². The van der Waals surface area contributed by atoms with Crippen LogP contribution in [0.15, 0.2) is 12.7 Å². The molecule has 0 bridgehead atoms. The molecule has 0 aromatic carbocycles. The first kappa shape index (κ1) is 11.8. The van der Waals surface area contributed by atoms with E-state index in [4.69, 9.17) is 9.47 Å². The van der Waals surface area contributed by atoms with Crippen LogP contribution in [0.3, 0.4) is 0 Å². The second-order valence-corrected chi connectivity index (χ2v) is 3.73. The van der Waals surface area contributed by atoms with Gasteiger partial charge in [0.2, 0.25) is 0 Å². The number of allylic oxidation sites excluding steroid dienone is 1. The minimum absolute atomic E-state index is 0.0433. The molecule has 4 heteroatoms. The summed E-state index contributed by atoms with van der Waals surface area (Å²) < 4.78 is 9.77. The third kappa shape index (κ3) is 2.81. The van der Waals surface area contributed by atoms with Crippen LogP contribution in [-0.2, 0) is 19.1 Å². The molecule has 1 aliphatic rings. The van der Waals surface area contributed by atoms with E-state index in [0.29, 0.717) is 12.8 Å². The Labute approximate surface area is 89.2 Å². The molecule has 0 amide bonds. The van der Waals surface area contributed by atoms with Crippen LogP contribution in [0.25, 0.3) is 0 Å². The molecule has 0 aromatic heterocycles. The summed E-state index contributed by atoms with van der Waals surface area (Å²) in [5.74, 6) is -0.749. The fraction of sp³-hybridized carbons (Fsp3) is 0.636. The molecule has 84 valence electrons. The van der Waals surface area contributed by atoms with Gasteiger partial charge in [0.05, 0.1) is 13.0 Å². The van der Waals surface area contributed by atoms with E-state index in [-0.39, 0.29) is 29.9 Å². The van der Waals surface area contributed by atoms with Crippen LogP contribution < -0.4 is 0 Å². The van der Waals surface area contributed by atoms with Gasteiger partial charge in [-0.2, -0.15) is 0 Å². The van der Waals surface area contributed by atoms with Crippen LogP contribution >= 0.6 is 0 Å². The quantitative estimate of drug-likeness (QED) is 0.522. The van der Waals surface area contributed by atoms with Gasteiger partial charge in [0, 0.05) is 6.92 Å². The van der Waals surface area contributed by atoms with E-state index in [0.717, 1.165) is 0 Å². The molecule has 1 aliphatic carbocycles. The van der Waals surface area contributed by atoms with Crippen molar-refractivity contribution in [3.8, 4) is 0 Å². The smallest absolute Gasteiger partial charge is 0.309 e. The van der Waals surface area contributed by atoms with E-state index >= 15 is 0 Å². The van der Waals surface area contributed by atoms with Crippen molar-refractivity contribution in [1.29, 1.82) is 0 Å². The third-order valence-corrected chi connectivity index (χ3v) is 2.71. The molecule has 0 N–H and O–H groups in total. The number of carbonyl (C=O) groups excluding carboxylic acids is 2. The fourth-order valence-electron chi connectivity index (χ4n) is 2.04. The fourth-order valence-corrected chi connectivity index (χ4v) is 2.04. The van der Waals surface area contributed by atoms with Gasteiger partial charge in [0.15, 0.2) is 0 Å². The SMILES string of the molecule is C=C[C@@H]1C[C@H](OC(C)=O)C[C@@H]1C(=O)OC. The monoisotopic (exact) mass is 212 g/mol. The zero-order chi connectivity index (χ0) is 11.4. The molecule has 0 aliphatic heterocycles. The maximum Gasteiger partial charge on any atom is 0.309 e. The maximum absolute atomic E-state index is 11.4. The topological polar surface area (TPSA) is 52.6 Å². The third-order valence-electron chi connectivity index (χ3n) is 2.71. The van der Waals surface area contributed by atoms with Gasteiger partial charge in [-0.25, -0.2) is 0 Å². The molecule has 1 fully saturated rings. The predicted molar refractivity (Wildman–Crippen MR) is 54.0 cm³/mol. The van der Waals surface area contributed by atoms with Crippen LogP contribution in [-0.4, -0.2) is 25.2 Å². The first-order valence-corrected chi connectivity index (χ1v) is 4.96. The number of hydrogen-bond donors (Lipinski definition) is 0. The second kappa shape index (κ2) is 4.96. The molecule has 0 heterocycles. The van der Waals surface area contributed by atoms with Crippen LogP contribution in [0.5, 0.6) is 0 Å². The lowest BCUT2D eigenvalue weighted by molar-refractivity contribution is -0.149. The van der Waals surface area contributed by atoms with Gasteiger partial charge in [-0.05, 0) is 18.8 Å². The molecule has 0 radical (unpaired) electrons. The van der Waals surface area contributed by atoms with Gasteiger partial charge in [-0.3, -0.25) is 9.59 Å². The highest BCUT2D eigenvalue weighted by Gasteiger charge is 2.39. The number of hydrogen-bond acceptors (Lipinski definition) is 4. The highest BCUT2D eigenvalue weighted by Crippen LogP contribution is 2.35. The Morgan fingerprint density at radius 3 is 2.53 bits per heavy atom. The molecule has 1 rings (SSSR count). The first-order valence-electron chi connectivity index (χ1n) is 4.96. The van der Waals surface area contributed by atoms with Crippen molar-refractivity contribution in [2.24, 2.45) is 11.8 Å². The Hall–Kier alpha value is -1.32. The molecular weight excluding hydrogens is 196 g/mol. The zero-order valence-electron chi connectivity index (χ0n) is 9.06. The molecule has 15 heavy (non-hydrogen) atoms. The van der Waals surface area contributed by atoms with Gasteiger partial charge in [-0.1, -0.05) is 6.08 Å². The molecule has 4 nitrogen and oxygen atoms in total. The average Bonchev–Trinajstić information content (AvgIpc) is 2.58. The van der Waals surface area contributed by atoms with E-state index in [1.807, 2.05) is 0 Å². The maximum atomic E-state index is 11.4. The molecule has 1 saturated carbocycles. The summed E-state index contributed by atoms with van der Waals surface area (Å²) in [6, 6.07) is 0. The van der Waals surface area contributed by atoms with Crippen LogP contribution in [0.2, 0.25) is 0 Å². The Kier molecular flexibility index (Phi) is 3.88. The van der Waals surface area contributed by atoms with Crippen molar-refractivity contribution < 1.29 is 19.1 Å². The van der Waals surface area contributed by atoms with E-state index in [9.17, 15) is 9.59 Å². The largest absolute Gasteiger partial charge is 0.469 e. The van der Waals surface area contributed by atoms with E-state index in [1.165, 1.54) is 14.0 Å². The summed E-state index contributed by atoms with van der Waals surface area (Å²) in [5.41, 5.74) is 0. The first-order chi connectivity index (χ1) is 7.08. The van der Waals surface area contributed by atoms with Crippen LogP contribution in [0, 0.1) is 11.8 Å². The number of methoxy groups -OCH3 is 1. The summed E-state index contributed by atoms with van der Waals surface area (Å²) in [7, 11) is 1.36. The highest BCUT2D eigenvalue weighted by molar-refractivity contribution is 5.73. The normalized spacial score (nSPS) is 29.6. The molecular formula is C11H16O4. The van der Waals surface area contributed by atoms with E-state index in [2.05, 4.69) is 6.58 Å². The van der Waals surface area contributed by atoms with Crippen molar-refractivity contribution >= 4 is 11.9 Å². The van der Waals surface area contributed by atoms with Crippen molar-refractivity contribution in [2.75, 3.05) is 7.11 Å². The van der Waals surface area contributed by atoms with Crippen molar-refractivity contribution in [2.45, 2.75) is 25.9 Å². The molecule has 0 saturated heterocycles. The number of rotatable bonds is 3. The van der Waals surface area contributed by atoms with Gasteiger partial charge in [-0.15, -0.1) is 6.58 Å². The molecule has 3 atom stereocenters. The van der Waals surface area contributed by atoms with Crippen molar-refractivity contribution in [1.82, 2.24) is 0 Å². The molecule has 0 spiro atoms. The number of ether oxygens (including phenoxy) is 2. The van der Waals surface area contributed by atoms with Gasteiger partial charge < -0.3 is 9.47 Å². The van der Waals surface area contributed by atoms with Crippen molar-refractivity contribution in [3.63, 3.8) is 0 Å². The summed E-state index contributed by atoms with van der Waals surface area (Å²) in [5, 5.41) is 0. The standard InChI is InChI=1S/C11H16O4/c1-4-8-5-9(15-7(2)12)6-10(8)11(13)14-3/h4,8-10H,1,5-6H2,2-3H3/t8-,9+,10+/m1/s1. The Balaban J connectivity index is 2.62. The minimum Gasteiger partial charge on any atom is -0.469 e. The minimum atomic E-state index is -0.312. The van der Waals surface area contributed by atoms with Gasteiger partial charge >= 0.3 is 11.9 Å². The lowest BCUT2D eigenvalue weighted by Crippen LogP contribution is -2.19. The zero-order valence-corrected chi connectivity index (χ0v) is 9.06. The van der Waals surface area contributed by atoms with E-state index in [1.54, 1.807) is 6.08 Å². The van der Waals surface area contributed by atoms with Gasteiger partial charge in [0.25, 0.3) is 0 Å². The summed E-state index contributed by atoms with van der Waals surface area (Å²) in [6.45, 7) is 5.04. The summed E-state index contributed by atoms with van der Waals surface area (Å²) >= 11 is 0. The van der Waals surface area contributed by atoms with Crippen molar-refractivity contribution in [3.05, 3.63) is 12.7 Å². The lowest BCUT2D eigenvalue weighted by atomic mass is 9.97. The molecule has 0 aromatic rings. The number of esters is 2. The summed E-state index contributed by atoms with van der Waals surface area (Å²) in [4.78, 5) is 22.2. The van der Waals surface area contributed by atoms with Crippen LogP contribution in [0.1, 0.15) is 19.8 Å². The molecule has 0 unspecified atom stereocenters. The van der Waals surface area contributed by atoms with Gasteiger partial charge in [0.1, 0.15) is 6.10 Å². The second-order valence-electron chi connectivity index (χ2n) is 3.73. The average molecular weight is 212 g/mol. The van der Waals surface area contributed by atoms with E-state index < -0.39 is 0 Å². The number of carbonyl (C=O) groups is 2. The Morgan fingerprint density at radius 1 is 1.40 bits per heavy atom. The Bertz CT molecular complexity index is 272.